The fourth-order valence-electron chi connectivity index (χ4n) is 5.14. The van der Waals surface area contributed by atoms with E-state index in [1.54, 1.807) is 0 Å². The summed E-state index contributed by atoms with van der Waals surface area (Å²) in [4.78, 5) is 0. The van der Waals surface area contributed by atoms with E-state index in [1.807, 2.05) is 0 Å². The lowest BCUT2D eigenvalue weighted by molar-refractivity contribution is -0.928. The number of quaternary nitrogens is 2. The van der Waals surface area contributed by atoms with Crippen molar-refractivity contribution in [3.05, 3.63) is 0 Å². The molecule has 0 spiro atoms. The molecular weight excluding hydrogens is 476 g/mol. The van der Waals surface area contributed by atoms with Gasteiger partial charge in [-0.25, -0.2) is 16.8 Å². The molecule has 0 heterocycles. The zero-order valence-corrected chi connectivity index (χ0v) is 25.1. The van der Waals surface area contributed by atoms with Crippen LogP contribution in [0.25, 0.3) is 0 Å². The van der Waals surface area contributed by atoms with Gasteiger partial charge in [0.05, 0.1) is 52.4 Å². The summed E-state index contributed by atoms with van der Waals surface area (Å²) < 4.78 is 57.9. The normalized spacial score (nSPS) is 12.4. The molecule has 0 unspecified atom stereocenters. The van der Waals surface area contributed by atoms with E-state index in [0.29, 0.717) is 0 Å². The molecule has 0 aromatic heterocycles. The first kappa shape index (κ1) is 38.3. The molecule has 0 fully saturated rings. The van der Waals surface area contributed by atoms with Crippen molar-refractivity contribution < 1.29 is 34.9 Å². The molecule has 0 aliphatic carbocycles. The molecule has 0 rings (SSSR count). The van der Waals surface area contributed by atoms with Crippen LogP contribution in [-0.2, 0) is 18.3 Å². The molecule has 210 valence electrons. The van der Waals surface area contributed by atoms with Crippen LogP contribution in [0.5, 0.6) is 0 Å². The maximum Gasteiger partial charge on any atom is 0.191 e. The molecule has 10 heteroatoms. The zero-order valence-electron chi connectivity index (χ0n) is 23.5. The number of rotatable bonds is 17. The average Bonchev–Trinajstić information content (AvgIpc) is 2.69. The summed E-state index contributed by atoms with van der Waals surface area (Å²) in [6, 6.07) is 0. The molecule has 0 atom stereocenters. The molecule has 8 nitrogen and oxygen atoms in total. The third-order valence-corrected chi connectivity index (χ3v) is 7.83. The Labute approximate surface area is 212 Å². The molecule has 0 saturated heterocycles. The topological polar surface area (TPSA) is 114 Å². The summed E-state index contributed by atoms with van der Waals surface area (Å²) in [5.41, 5.74) is 0. The van der Waals surface area contributed by atoms with Gasteiger partial charge in [-0.1, -0.05) is 55.4 Å². The van der Waals surface area contributed by atoms with Gasteiger partial charge in [0, 0.05) is 0 Å². The van der Waals surface area contributed by atoms with Crippen LogP contribution in [0.2, 0.25) is 0 Å². The minimum Gasteiger partial charge on any atom is -0.736 e. The van der Waals surface area contributed by atoms with E-state index in [-0.39, 0.29) is 0 Å². The van der Waals surface area contributed by atoms with Gasteiger partial charge in [0.15, 0.2) is 18.3 Å². The van der Waals surface area contributed by atoms with Crippen molar-refractivity contribution in [3.8, 4) is 0 Å². The average molecular weight is 533 g/mol. The predicted molar refractivity (Wildman–Crippen MR) is 141 cm³/mol. The monoisotopic (exact) mass is 532 g/mol. The molecule has 0 bridgehead atoms. The molecule has 0 radical (unpaired) electrons. The highest BCUT2D eigenvalue weighted by molar-refractivity contribution is 8.62. The lowest BCUT2D eigenvalue weighted by Gasteiger charge is -2.38. The van der Waals surface area contributed by atoms with E-state index >= 15 is 0 Å². The van der Waals surface area contributed by atoms with Crippen molar-refractivity contribution in [2.24, 2.45) is 0 Å². The van der Waals surface area contributed by atoms with Gasteiger partial charge in [0.25, 0.3) is 0 Å². The Kier molecular flexibility index (Phi) is 23.5. The van der Waals surface area contributed by atoms with Gasteiger partial charge in [-0.3, -0.25) is 0 Å². The fraction of sp³-hybridized carbons (Fsp3) is 1.00. The van der Waals surface area contributed by atoms with E-state index < -0.39 is 18.3 Å². The molecule has 34 heavy (non-hydrogen) atoms. The summed E-state index contributed by atoms with van der Waals surface area (Å²) in [5.74, 6) is 0. The van der Waals surface area contributed by atoms with Crippen LogP contribution in [-0.4, -0.2) is 87.3 Å². The Morgan fingerprint density at radius 1 is 0.382 bits per heavy atom. The molecule has 0 aromatic carbocycles. The van der Waals surface area contributed by atoms with Gasteiger partial charge < -0.3 is 18.1 Å². The molecular formula is C24H56N2O6S2. The van der Waals surface area contributed by atoms with Crippen LogP contribution in [0.1, 0.15) is 107 Å². The van der Waals surface area contributed by atoms with Crippen LogP contribution >= 0.6 is 0 Å². The maximum atomic E-state index is 9.20. The fourth-order valence-corrected chi connectivity index (χ4v) is 5.14. The smallest absolute Gasteiger partial charge is 0.191 e. The molecule has 0 aliphatic heterocycles. The van der Waals surface area contributed by atoms with E-state index in [9.17, 15) is 25.9 Å². The quantitative estimate of drug-likeness (QED) is 0.150. The van der Waals surface area contributed by atoms with Crippen molar-refractivity contribution in [1.29, 1.82) is 0 Å². The van der Waals surface area contributed by atoms with Gasteiger partial charge in [0.2, 0.25) is 0 Å². The van der Waals surface area contributed by atoms with E-state index in [2.05, 4.69) is 55.4 Å². The highest BCUT2D eigenvalue weighted by Crippen LogP contribution is 2.13. The van der Waals surface area contributed by atoms with Crippen molar-refractivity contribution in [2.75, 3.05) is 52.4 Å². The van der Waals surface area contributed by atoms with Gasteiger partial charge in [0.1, 0.15) is 0 Å². The van der Waals surface area contributed by atoms with Crippen molar-refractivity contribution >= 4 is 18.3 Å². The largest absolute Gasteiger partial charge is 0.736 e. The standard InChI is InChI=1S/2C12H28N.H2O6S2/c2*1-5-9-13(10-6-2,11-7-3)12-8-4;1-7(2,3)8(4,5)6/h2*5-12H2,1-4H3;(H,1,2,3)(H,4,5,6)/q2*+1;/p-2. The third kappa shape index (κ3) is 18.1. The summed E-state index contributed by atoms with van der Waals surface area (Å²) in [7, 11) is -11.3. The second-order valence-electron chi connectivity index (χ2n) is 9.29. The first-order valence-electron chi connectivity index (χ1n) is 13.4. The van der Waals surface area contributed by atoms with Crippen molar-refractivity contribution in [1.82, 2.24) is 0 Å². The van der Waals surface area contributed by atoms with Crippen molar-refractivity contribution in [3.63, 3.8) is 0 Å². The first-order valence-corrected chi connectivity index (χ1v) is 16.7. The summed E-state index contributed by atoms with van der Waals surface area (Å²) in [6.07, 6.45) is 10.7. The SMILES string of the molecule is CCC[N+](CCC)(CCC)CCC.CCC[N+](CCC)(CCC)CCC.O=S(=O)([O-])S(=O)(=O)[O-]. The molecule has 0 amide bonds. The van der Waals surface area contributed by atoms with Crippen LogP contribution in [0, 0.1) is 0 Å². The third-order valence-electron chi connectivity index (χ3n) is 5.83. The second-order valence-corrected chi connectivity index (χ2v) is 13.4. The minimum atomic E-state index is -5.67. The summed E-state index contributed by atoms with van der Waals surface area (Å²) >= 11 is 0. The van der Waals surface area contributed by atoms with Crippen LogP contribution < -0.4 is 0 Å². The summed E-state index contributed by atoms with van der Waals surface area (Å²) in [6.45, 7) is 29.6. The Bertz CT molecular complexity index is 550. The Morgan fingerprint density at radius 3 is 0.559 bits per heavy atom. The number of nitrogens with zero attached hydrogens (tertiary/aromatic N) is 2. The summed E-state index contributed by atoms with van der Waals surface area (Å²) in [5, 5.41) is 0. The molecule has 0 aromatic rings. The van der Waals surface area contributed by atoms with E-state index in [4.69, 9.17) is 0 Å². The Balaban J connectivity index is -0.000000438. The highest BCUT2D eigenvalue weighted by atomic mass is 33.2. The van der Waals surface area contributed by atoms with Crippen LogP contribution in [0.3, 0.4) is 0 Å². The lowest BCUT2D eigenvalue weighted by atomic mass is 10.2. The highest BCUT2D eigenvalue weighted by Gasteiger charge is 2.23. The molecule has 0 N–H and O–H groups in total. The number of hydrogen-bond acceptors (Lipinski definition) is 6. The lowest BCUT2D eigenvalue weighted by Crippen LogP contribution is -2.50. The predicted octanol–water partition coefficient (Wildman–Crippen LogP) is 4.88. The second kappa shape index (κ2) is 20.9. The zero-order chi connectivity index (χ0) is 27.3. The van der Waals surface area contributed by atoms with Crippen LogP contribution in [0.15, 0.2) is 0 Å². The van der Waals surface area contributed by atoms with Gasteiger partial charge in [-0.2, -0.15) is 0 Å². The van der Waals surface area contributed by atoms with E-state index in [0.717, 1.165) is 0 Å². The Hall–Kier alpha value is -0.260. The number of hydrogen-bond donors (Lipinski definition) is 0. The van der Waals surface area contributed by atoms with Crippen LogP contribution in [0.4, 0.5) is 0 Å². The maximum absolute atomic E-state index is 9.20. The van der Waals surface area contributed by atoms with Crippen molar-refractivity contribution in [2.45, 2.75) is 107 Å². The minimum absolute atomic E-state index is 1.33. The first-order chi connectivity index (χ1) is 15.7. The van der Waals surface area contributed by atoms with E-state index in [1.165, 1.54) is 113 Å². The molecule has 0 aliphatic rings. The van der Waals surface area contributed by atoms with Gasteiger partial charge in [-0.15, -0.1) is 0 Å². The Morgan fingerprint density at radius 2 is 0.500 bits per heavy atom. The van der Waals surface area contributed by atoms with Gasteiger partial charge >= 0.3 is 0 Å². The molecule has 0 saturated carbocycles. The van der Waals surface area contributed by atoms with Gasteiger partial charge in [-0.05, 0) is 51.4 Å².